The zero-order valence-electron chi connectivity index (χ0n) is 14.6. The van der Waals surface area contributed by atoms with Crippen LogP contribution in [0.1, 0.15) is 10.4 Å². The van der Waals surface area contributed by atoms with E-state index in [1.807, 2.05) is 73.6 Å². The molecule has 130 valence electrons. The average Bonchev–Trinajstić information content (AvgIpc) is 2.71. The van der Waals surface area contributed by atoms with Crippen molar-refractivity contribution in [1.82, 2.24) is 0 Å². The van der Waals surface area contributed by atoms with Gasteiger partial charge in [0.05, 0.1) is 11.4 Å². The fraction of sp³-hybridized carbons (Fsp3) is 0.0952. The van der Waals surface area contributed by atoms with Crippen molar-refractivity contribution in [2.24, 2.45) is 0 Å². The molecule has 0 radical (unpaired) electrons. The Bertz CT molecular complexity index is 919. The van der Waals surface area contributed by atoms with Crippen LogP contribution in [0.5, 0.6) is 0 Å². The van der Waals surface area contributed by atoms with Gasteiger partial charge in [-0.15, -0.1) is 0 Å². The Morgan fingerprint density at radius 1 is 0.808 bits per heavy atom. The molecule has 0 aromatic heterocycles. The van der Waals surface area contributed by atoms with Crippen molar-refractivity contribution in [3.8, 4) is 0 Å². The highest BCUT2D eigenvalue weighted by molar-refractivity contribution is 7.99. The number of hydrogen-bond donors (Lipinski definition) is 2. The van der Waals surface area contributed by atoms with Gasteiger partial charge in [-0.3, -0.25) is 9.69 Å². The lowest BCUT2D eigenvalue weighted by Gasteiger charge is -2.31. The molecule has 0 saturated carbocycles. The van der Waals surface area contributed by atoms with Crippen molar-refractivity contribution in [2.45, 2.75) is 9.79 Å². The Labute approximate surface area is 157 Å². The fourth-order valence-corrected chi connectivity index (χ4v) is 4.19. The van der Waals surface area contributed by atoms with E-state index in [1.165, 1.54) is 0 Å². The lowest BCUT2D eigenvalue weighted by molar-refractivity contribution is 0.0998. The van der Waals surface area contributed by atoms with Crippen LogP contribution >= 0.6 is 11.8 Å². The van der Waals surface area contributed by atoms with Gasteiger partial charge in [-0.1, -0.05) is 30.0 Å². The first-order chi connectivity index (χ1) is 12.7. The number of hydrogen-bond acceptors (Lipinski definition) is 4. The van der Waals surface area contributed by atoms with E-state index in [4.69, 9.17) is 0 Å². The third-order valence-corrected chi connectivity index (χ3v) is 5.52. The van der Waals surface area contributed by atoms with Crippen molar-refractivity contribution in [3.05, 3.63) is 72.3 Å². The first kappa shape index (κ1) is 16.5. The summed E-state index contributed by atoms with van der Waals surface area (Å²) in [7, 11) is 3.80. The molecule has 3 aromatic carbocycles. The van der Waals surface area contributed by atoms with Crippen LogP contribution in [0.3, 0.4) is 0 Å². The molecule has 4 rings (SSSR count). The zero-order valence-corrected chi connectivity index (χ0v) is 15.4. The second-order valence-corrected chi connectivity index (χ2v) is 7.06. The molecule has 1 heterocycles. The standard InChI is InChI=1S/C21H19N3OS/c1-22-15-8-10-17-19(12-15)26-20-13-16(23-2)9-11-18(20)24(17)21(25)14-6-4-3-5-7-14/h3-13,22-23H,1-2H3. The van der Waals surface area contributed by atoms with Crippen LogP contribution in [0.4, 0.5) is 22.7 Å². The van der Waals surface area contributed by atoms with Crippen LogP contribution in [0.2, 0.25) is 0 Å². The van der Waals surface area contributed by atoms with Gasteiger partial charge >= 0.3 is 0 Å². The molecule has 0 fully saturated rings. The number of amides is 1. The third-order valence-electron chi connectivity index (χ3n) is 4.42. The minimum atomic E-state index is -0.0252. The summed E-state index contributed by atoms with van der Waals surface area (Å²) in [6.45, 7) is 0. The molecule has 0 spiro atoms. The second-order valence-electron chi connectivity index (χ2n) is 5.97. The summed E-state index contributed by atoms with van der Waals surface area (Å²) in [5, 5.41) is 6.34. The summed E-state index contributed by atoms with van der Waals surface area (Å²) in [4.78, 5) is 17.2. The number of carbonyl (C=O) groups excluding carboxylic acids is 1. The van der Waals surface area contributed by atoms with Crippen LogP contribution < -0.4 is 15.5 Å². The normalized spacial score (nSPS) is 12.2. The predicted molar refractivity (Wildman–Crippen MR) is 109 cm³/mol. The van der Waals surface area contributed by atoms with E-state index >= 15 is 0 Å². The summed E-state index contributed by atoms with van der Waals surface area (Å²) >= 11 is 1.68. The van der Waals surface area contributed by atoms with Crippen LogP contribution in [-0.4, -0.2) is 20.0 Å². The van der Waals surface area contributed by atoms with Gasteiger partial charge in [0.25, 0.3) is 5.91 Å². The van der Waals surface area contributed by atoms with Crippen molar-refractivity contribution in [2.75, 3.05) is 29.6 Å². The molecule has 1 amide bonds. The molecule has 0 aliphatic carbocycles. The van der Waals surface area contributed by atoms with Gasteiger partial charge in [-0.25, -0.2) is 0 Å². The van der Waals surface area contributed by atoms with E-state index in [-0.39, 0.29) is 5.91 Å². The highest BCUT2D eigenvalue weighted by Crippen LogP contribution is 2.50. The average molecular weight is 361 g/mol. The van der Waals surface area contributed by atoms with Gasteiger partial charge in [0.15, 0.2) is 0 Å². The van der Waals surface area contributed by atoms with E-state index in [1.54, 1.807) is 11.8 Å². The number of benzene rings is 3. The first-order valence-electron chi connectivity index (χ1n) is 8.42. The molecule has 0 saturated heterocycles. The molecule has 0 bridgehead atoms. The van der Waals surface area contributed by atoms with E-state index < -0.39 is 0 Å². The highest BCUT2D eigenvalue weighted by atomic mass is 32.2. The number of nitrogens with one attached hydrogen (secondary N) is 2. The van der Waals surface area contributed by atoms with Gasteiger partial charge in [0.2, 0.25) is 0 Å². The van der Waals surface area contributed by atoms with Crippen LogP contribution in [0, 0.1) is 0 Å². The number of rotatable bonds is 3. The van der Waals surface area contributed by atoms with Crippen molar-refractivity contribution < 1.29 is 4.79 Å². The Balaban J connectivity index is 1.88. The molecule has 26 heavy (non-hydrogen) atoms. The van der Waals surface area contributed by atoms with Gasteiger partial charge in [0, 0.05) is 40.8 Å². The molecule has 4 nitrogen and oxygen atoms in total. The number of carbonyl (C=O) groups is 1. The summed E-state index contributed by atoms with van der Waals surface area (Å²) in [5.41, 5.74) is 4.54. The SMILES string of the molecule is CNc1ccc2c(c1)Sc1cc(NC)ccc1N2C(=O)c1ccccc1. The van der Waals surface area contributed by atoms with Crippen LogP contribution in [0.25, 0.3) is 0 Å². The van der Waals surface area contributed by atoms with Crippen LogP contribution in [0.15, 0.2) is 76.5 Å². The Kier molecular flexibility index (Phi) is 4.31. The highest BCUT2D eigenvalue weighted by Gasteiger charge is 2.29. The maximum absolute atomic E-state index is 13.3. The van der Waals surface area contributed by atoms with E-state index in [2.05, 4.69) is 22.8 Å². The first-order valence-corrected chi connectivity index (χ1v) is 9.24. The van der Waals surface area contributed by atoms with Crippen LogP contribution in [-0.2, 0) is 0 Å². The Morgan fingerprint density at radius 3 is 1.85 bits per heavy atom. The fourth-order valence-electron chi connectivity index (χ4n) is 3.05. The van der Waals surface area contributed by atoms with Gasteiger partial charge < -0.3 is 10.6 Å². The number of fused-ring (bicyclic) bond motifs is 2. The predicted octanol–water partition coefficient (Wildman–Crippen LogP) is 5.21. The van der Waals surface area contributed by atoms with Crippen molar-refractivity contribution >= 4 is 40.4 Å². The van der Waals surface area contributed by atoms with Gasteiger partial charge in [0.1, 0.15) is 0 Å². The van der Waals surface area contributed by atoms with E-state index in [0.29, 0.717) is 5.56 Å². The molecule has 5 heteroatoms. The minimum Gasteiger partial charge on any atom is -0.388 e. The molecule has 1 aliphatic rings. The lowest BCUT2D eigenvalue weighted by atomic mass is 10.1. The number of anilines is 4. The maximum atomic E-state index is 13.3. The minimum absolute atomic E-state index is 0.0252. The topological polar surface area (TPSA) is 44.4 Å². The smallest absolute Gasteiger partial charge is 0.262 e. The third kappa shape index (κ3) is 2.80. The summed E-state index contributed by atoms with van der Waals surface area (Å²) < 4.78 is 0. The zero-order chi connectivity index (χ0) is 18.1. The van der Waals surface area contributed by atoms with Gasteiger partial charge in [-0.05, 0) is 48.5 Å². The maximum Gasteiger partial charge on any atom is 0.262 e. The Hall–Kier alpha value is -2.92. The summed E-state index contributed by atoms with van der Waals surface area (Å²) in [6.07, 6.45) is 0. The Morgan fingerprint density at radius 2 is 1.35 bits per heavy atom. The largest absolute Gasteiger partial charge is 0.388 e. The molecule has 1 aliphatic heterocycles. The van der Waals surface area contributed by atoms with E-state index in [0.717, 1.165) is 32.5 Å². The quantitative estimate of drug-likeness (QED) is 0.672. The summed E-state index contributed by atoms with van der Waals surface area (Å²) in [6, 6.07) is 21.6. The molecular formula is C21H19N3OS. The molecule has 3 aromatic rings. The van der Waals surface area contributed by atoms with E-state index in [9.17, 15) is 4.79 Å². The summed E-state index contributed by atoms with van der Waals surface area (Å²) in [5.74, 6) is -0.0252. The molecule has 2 N–H and O–H groups in total. The molecule has 0 atom stereocenters. The van der Waals surface area contributed by atoms with Gasteiger partial charge in [-0.2, -0.15) is 0 Å². The second kappa shape index (κ2) is 6.77. The van der Waals surface area contributed by atoms with Crippen molar-refractivity contribution in [1.29, 1.82) is 0 Å². The number of nitrogens with zero attached hydrogens (tertiary/aromatic N) is 1. The molecule has 0 unspecified atom stereocenters. The molecular weight excluding hydrogens is 342 g/mol. The lowest BCUT2D eigenvalue weighted by Crippen LogP contribution is -2.28. The monoisotopic (exact) mass is 361 g/mol. The van der Waals surface area contributed by atoms with Crippen molar-refractivity contribution in [3.63, 3.8) is 0 Å².